The quantitative estimate of drug-likeness (QED) is 0.915. The molecule has 1 heterocycles. The van der Waals surface area contributed by atoms with Gasteiger partial charge in [0.05, 0.1) is 6.42 Å². The molecule has 1 unspecified atom stereocenters. The van der Waals surface area contributed by atoms with E-state index in [1.54, 1.807) is 19.3 Å². The van der Waals surface area contributed by atoms with Crippen molar-refractivity contribution in [2.75, 3.05) is 0 Å². The molecule has 102 valence electrons. The van der Waals surface area contributed by atoms with Crippen molar-refractivity contribution < 1.29 is 13.2 Å². The Morgan fingerprint density at radius 3 is 2.74 bits per heavy atom. The van der Waals surface area contributed by atoms with Crippen molar-refractivity contribution >= 4 is 10.8 Å². The van der Waals surface area contributed by atoms with Crippen LogP contribution in [-0.4, -0.2) is 17.2 Å². The highest BCUT2D eigenvalue weighted by Crippen LogP contribution is 2.21. The van der Waals surface area contributed by atoms with Gasteiger partial charge in [-0.15, -0.1) is 0 Å². The summed E-state index contributed by atoms with van der Waals surface area (Å²) in [6.07, 6.45) is -1.48. The van der Waals surface area contributed by atoms with Gasteiger partial charge in [0.1, 0.15) is 0 Å². The lowest BCUT2D eigenvalue weighted by Crippen LogP contribution is -2.30. The number of fused-ring (bicyclic) bond motifs is 1. The lowest BCUT2D eigenvalue weighted by Gasteiger charge is -2.16. The summed E-state index contributed by atoms with van der Waals surface area (Å²) in [5, 5.41) is 4.95. The third-order valence-corrected chi connectivity index (χ3v) is 2.90. The van der Waals surface area contributed by atoms with Gasteiger partial charge < -0.3 is 5.32 Å². The number of aromatic nitrogens is 1. The highest BCUT2D eigenvalue weighted by molar-refractivity contribution is 5.81. The Kier molecular flexibility index (Phi) is 4.04. The molecular weight excluding hydrogens is 253 g/mol. The number of alkyl halides is 3. The molecule has 0 aliphatic carbocycles. The largest absolute Gasteiger partial charge is 0.390 e. The summed E-state index contributed by atoms with van der Waals surface area (Å²) in [6, 6.07) is 7.08. The average Bonchev–Trinajstić information content (AvgIpc) is 2.34. The Morgan fingerprint density at radius 2 is 2.00 bits per heavy atom. The maximum absolute atomic E-state index is 12.2. The molecule has 0 fully saturated rings. The average molecular weight is 268 g/mol. The smallest absolute Gasteiger partial charge is 0.310 e. The van der Waals surface area contributed by atoms with Crippen LogP contribution in [0.3, 0.4) is 0 Å². The zero-order valence-corrected chi connectivity index (χ0v) is 10.5. The summed E-state index contributed by atoms with van der Waals surface area (Å²) < 4.78 is 36.6. The van der Waals surface area contributed by atoms with Gasteiger partial charge in [0.25, 0.3) is 0 Å². The molecule has 2 rings (SSSR count). The van der Waals surface area contributed by atoms with Gasteiger partial charge >= 0.3 is 6.18 Å². The van der Waals surface area contributed by atoms with E-state index in [1.807, 2.05) is 24.3 Å². The van der Waals surface area contributed by atoms with E-state index in [4.69, 9.17) is 0 Å². The van der Waals surface area contributed by atoms with Crippen LogP contribution in [0.1, 0.15) is 18.9 Å². The lowest BCUT2D eigenvalue weighted by atomic mass is 10.1. The first-order valence-electron chi connectivity index (χ1n) is 6.07. The first-order valence-corrected chi connectivity index (χ1v) is 6.07. The summed E-state index contributed by atoms with van der Waals surface area (Å²) in [5.74, 6) is 0. The number of nitrogens with zero attached hydrogens (tertiary/aromatic N) is 1. The predicted octanol–water partition coefficient (Wildman–Crippen LogP) is 3.67. The number of pyridine rings is 1. The second-order valence-corrected chi connectivity index (χ2v) is 4.66. The SMILES string of the molecule is CC(CC(F)(F)F)NCc1ccc2cnccc2c1. The summed E-state index contributed by atoms with van der Waals surface area (Å²) in [4.78, 5) is 4.02. The van der Waals surface area contributed by atoms with Crippen LogP contribution < -0.4 is 5.32 Å². The van der Waals surface area contributed by atoms with E-state index in [-0.39, 0.29) is 0 Å². The molecule has 0 radical (unpaired) electrons. The van der Waals surface area contributed by atoms with Gasteiger partial charge in [-0.2, -0.15) is 13.2 Å². The van der Waals surface area contributed by atoms with E-state index in [9.17, 15) is 13.2 Å². The Morgan fingerprint density at radius 1 is 1.21 bits per heavy atom. The molecule has 2 aromatic rings. The van der Waals surface area contributed by atoms with Gasteiger partial charge in [0.15, 0.2) is 0 Å². The minimum absolute atomic E-state index is 0.426. The number of hydrogen-bond donors (Lipinski definition) is 1. The van der Waals surface area contributed by atoms with Crippen LogP contribution in [0.5, 0.6) is 0 Å². The molecule has 1 N–H and O–H groups in total. The Hall–Kier alpha value is -1.62. The van der Waals surface area contributed by atoms with Crippen LogP contribution in [0, 0.1) is 0 Å². The zero-order chi connectivity index (χ0) is 13.9. The van der Waals surface area contributed by atoms with Crippen LogP contribution >= 0.6 is 0 Å². The third-order valence-electron chi connectivity index (χ3n) is 2.90. The van der Waals surface area contributed by atoms with Crippen molar-refractivity contribution in [2.45, 2.75) is 32.1 Å². The molecule has 0 spiro atoms. The van der Waals surface area contributed by atoms with E-state index in [2.05, 4.69) is 10.3 Å². The van der Waals surface area contributed by atoms with E-state index < -0.39 is 18.6 Å². The monoisotopic (exact) mass is 268 g/mol. The van der Waals surface area contributed by atoms with Crippen molar-refractivity contribution in [3.63, 3.8) is 0 Å². The van der Waals surface area contributed by atoms with Crippen LogP contribution in [0.2, 0.25) is 0 Å². The van der Waals surface area contributed by atoms with Crippen molar-refractivity contribution in [2.24, 2.45) is 0 Å². The third kappa shape index (κ3) is 4.21. The van der Waals surface area contributed by atoms with Crippen LogP contribution in [-0.2, 0) is 6.54 Å². The number of rotatable bonds is 4. The fourth-order valence-electron chi connectivity index (χ4n) is 1.95. The minimum atomic E-state index is -4.12. The maximum atomic E-state index is 12.2. The Labute approximate surface area is 109 Å². The zero-order valence-electron chi connectivity index (χ0n) is 10.5. The molecule has 2 nitrogen and oxygen atoms in total. The summed E-state index contributed by atoms with van der Waals surface area (Å²) in [6.45, 7) is 1.97. The van der Waals surface area contributed by atoms with E-state index in [0.29, 0.717) is 6.54 Å². The van der Waals surface area contributed by atoms with Gasteiger partial charge in [-0.1, -0.05) is 12.1 Å². The molecule has 0 saturated heterocycles. The molecule has 1 aromatic carbocycles. The molecule has 1 atom stereocenters. The summed E-state index contributed by atoms with van der Waals surface area (Å²) >= 11 is 0. The summed E-state index contributed by atoms with van der Waals surface area (Å²) in [5.41, 5.74) is 0.965. The number of halogens is 3. The molecule has 0 aliphatic heterocycles. The van der Waals surface area contributed by atoms with Gasteiger partial charge in [0.2, 0.25) is 0 Å². The fourth-order valence-corrected chi connectivity index (χ4v) is 1.95. The standard InChI is InChI=1S/C14H15F3N2/c1-10(7-14(15,16)17)19-8-11-2-3-13-9-18-5-4-12(13)6-11/h2-6,9-10,19H,7-8H2,1H3. The second-order valence-electron chi connectivity index (χ2n) is 4.66. The normalized spacial score (nSPS) is 13.7. The molecule has 1 aromatic heterocycles. The van der Waals surface area contributed by atoms with E-state index in [1.165, 1.54) is 0 Å². The molecule has 19 heavy (non-hydrogen) atoms. The molecule has 0 amide bonds. The van der Waals surface area contributed by atoms with Crippen molar-refractivity contribution in [3.05, 3.63) is 42.2 Å². The van der Waals surface area contributed by atoms with Gasteiger partial charge in [-0.05, 0) is 30.0 Å². The number of hydrogen-bond acceptors (Lipinski definition) is 2. The minimum Gasteiger partial charge on any atom is -0.310 e. The summed E-state index contributed by atoms with van der Waals surface area (Å²) in [7, 11) is 0. The van der Waals surface area contributed by atoms with Crippen molar-refractivity contribution in [1.82, 2.24) is 10.3 Å². The van der Waals surface area contributed by atoms with Crippen molar-refractivity contribution in [1.29, 1.82) is 0 Å². The predicted molar refractivity (Wildman–Crippen MR) is 68.7 cm³/mol. The van der Waals surface area contributed by atoms with Crippen LogP contribution in [0.25, 0.3) is 10.8 Å². The highest BCUT2D eigenvalue weighted by Gasteiger charge is 2.29. The van der Waals surface area contributed by atoms with Gasteiger partial charge in [-0.25, -0.2) is 0 Å². The van der Waals surface area contributed by atoms with Crippen LogP contribution in [0.15, 0.2) is 36.7 Å². The maximum Gasteiger partial charge on any atom is 0.390 e. The topological polar surface area (TPSA) is 24.9 Å². The molecule has 0 bridgehead atoms. The first-order chi connectivity index (χ1) is 8.94. The van der Waals surface area contributed by atoms with E-state index in [0.717, 1.165) is 16.3 Å². The van der Waals surface area contributed by atoms with Crippen molar-refractivity contribution in [3.8, 4) is 0 Å². The van der Waals surface area contributed by atoms with Gasteiger partial charge in [-0.3, -0.25) is 4.98 Å². The molecule has 0 aliphatic rings. The lowest BCUT2D eigenvalue weighted by molar-refractivity contribution is -0.139. The van der Waals surface area contributed by atoms with Crippen LogP contribution in [0.4, 0.5) is 13.2 Å². The molecule has 0 saturated carbocycles. The fraction of sp³-hybridized carbons (Fsp3) is 0.357. The molecular formula is C14H15F3N2. The number of benzene rings is 1. The Balaban J connectivity index is 1.98. The van der Waals surface area contributed by atoms with Gasteiger partial charge in [0, 0.05) is 30.4 Å². The first kappa shape index (κ1) is 13.8. The Bertz CT molecular complexity index is 552. The second kappa shape index (κ2) is 5.57. The molecule has 5 heteroatoms. The van der Waals surface area contributed by atoms with E-state index >= 15 is 0 Å². The number of nitrogens with one attached hydrogen (secondary N) is 1. The highest BCUT2D eigenvalue weighted by atomic mass is 19.4.